The first-order chi connectivity index (χ1) is 15.1. The molecular formula is C23H23N3O5. The maximum Gasteiger partial charge on any atom is 0.251 e. The number of aromatic nitrogens is 1. The van der Waals surface area contributed by atoms with Crippen LogP contribution in [0.25, 0.3) is 22.2 Å². The van der Waals surface area contributed by atoms with Crippen molar-refractivity contribution in [1.29, 1.82) is 0 Å². The van der Waals surface area contributed by atoms with Crippen molar-refractivity contribution in [3.05, 3.63) is 54.1 Å². The zero-order valence-corrected chi connectivity index (χ0v) is 17.0. The summed E-state index contributed by atoms with van der Waals surface area (Å²) in [5.41, 5.74) is 2.01. The Balaban J connectivity index is 1.23. The number of likely N-dealkylation sites (tertiary alicyclic amines) is 1. The standard InChI is InChI=1S/C23H23N3O5/c27-20(26-10-8-23(9-11-26)29-12-13-30-23)15-24-22(28)17-6-7-19-18(14-17)21(31-25-19)16-4-2-1-3-5-16/h1-7,14H,8-13,15H2,(H,24,28). The fourth-order valence-electron chi connectivity index (χ4n) is 4.13. The fourth-order valence-corrected chi connectivity index (χ4v) is 4.13. The third-order valence-corrected chi connectivity index (χ3v) is 5.87. The number of nitrogens with zero attached hydrogens (tertiary/aromatic N) is 2. The lowest BCUT2D eigenvalue weighted by atomic mass is 10.0. The van der Waals surface area contributed by atoms with E-state index in [1.807, 2.05) is 30.3 Å². The first-order valence-electron chi connectivity index (χ1n) is 10.4. The fraction of sp³-hybridized carbons (Fsp3) is 0.348. The Morgan fingerprint density at radius 3 is 2.52 bits per heavy atom. The van der Waals surface area contributed by atoms with E-state index in [1.165, 1.54) is 0 Å². The van der Waals surface area contributed by atoms with Gasteiger partial charge in [0.05, 0.1) is 25.1 Å². The van der Waals surface area contributed by atoms with E-state index in [2.05, 4.69) is 10.5 Å². The van der Waals surface area contributed by atoms with Crippen LogP contribution in [0.2, 0.25) is 0 Å². The summed E-state index contributed by atoms with van der Waals surface area (Å²) in [6.45, 7) is 2.27. The number of ether oxygens (including phenoxy) is 2. The second kappa shape index (κ2) is 8.13. The summed E-state index contributed by atoms with van der Waals surface area (Å²) in [6, 6.07) is 14.8. The van der Waals surface area contributed by atoms with Crippen molar-refractivity contribution in [2.75, 3.05) is 32.8 Å². The second-order valence-corrected chi connectivity index (χ2v) is 7.78. The normalized spacial score (nSPS) is 17.9. The highest BCUT2D eigenvalue weighted by molar-refractivity contribution is 6.02. The number of benzene rings is 2. The van der Waals surface area contributed by atoms with Gasteiger partial charge in [-0.15, -0.1) is 0 Å². The Kier molecular flexibility index (Phi) is 5.17. The molecule has 31 heavy (non-hydrogen) atoms. The molecule has 2 aromatic carbocycles. The van der Waals surface area contributed by atoms with Gasteiger partial charge >= 0.3 is 0 Å². The SMILES string of the molecule is O=C(NCC(=O)N1CCC2(CC1)OCCO2)c1ccc2noc(-c3ccccc3)c2c1. The van der Waals surface area contributed by atoms with Gasteiger partial charge < -0.3 is 24.2 Å². The summed E-state index contributed by atoms with van der Waals surface area (Å²) < 4.78 is 16.9. The van der Waals surface area contributed by atoms with Gasteiger partial charge in [-0.3, -0.25) is 9.59 Å². The number of piperidine rings is 1. The summed E-state index contributed by atoms with van der Waals surface area (Å²) in [5.74, 6) is -0.339. The lowest BCUT2D eigenvalue weighted by molar-refractivity contribution is -0.187. The highest BCUT2D eigenvalue weighted by Crippen LogP contribution is 2.31. The van der Waals surface area contributed by atoms with Gasteiger partial charge in [0.15, 0.2) is 11.5 Å². The topological polar surface area (TPSA) is 93.9 Å². The Hall–Kier alpha value is -3.23. The van der Waals surface area contributed by atoms with Crippen molar-refractivity contribution >= 4 is 22.7 Å². The van der Waals surface area contributed by atoms with Crippen molar-refractivity contribution in [3.8, 4) is 11.3 Å². The average molecular weight is 421 g/mol. The Morgan fingerprint density at radius 1 is 1.03 bits per heavy atom. The summed E-state index contributed by atoms with van der Waals surface area (Å²) in [6.07, 6.45) is 1.30. The van der Waals surface area contributed by atoms with Crippen LogP contribution >= 0.6 is 0 Å². The van der Waals surface area contributed by atoms with E-state index in [4.69, 9.17) is 14.0 Å². The largest absolute Gasteiger partial charge is 0.355 e. The molecule has 0 radical (unpaired) electrons. The van der Waals surface area contributed by atoms with Crippen molar-refractivity contribution in [1.82, 2.24) is 15.4 Å². The van der Waals surface area contributed by atoms with Crippen LogP contribution in [0.15, 0.2) is 53.1 Å². The van der Waals surface area contributed by atoms with E-state index in [0.717, 1.165) is 10.9 Å². The molecule has 160 valence electrons. The van der Waals surface area contributed by atoms with Crippen molar-refractivity contribution < 1.29 is 23.6 Å². The van der Waals surface area contributed by atoms with E-state index in [-0.39, 0.29) is 18.4 Å². The summed E-state index contributed by atoms with van der Waals surface area (Å²) in [7, 11) is 0. The molecule has 3 heterocycles. The van der Waals surface area contributed by atoms with Gasteiger partial charge in [0, 0.05) is 37.1 Å². The maximum atomic E-state index is 12.7. The Morgan fingerprint density at radius 2 is 1.77 bits per heavy atom. The second-order valence-electron chi connectivity index (χ2n) is 7.78. The minimum Gasteiger partial charge on any atom is -0.355 e. The Labute approximate surface area is 179 Å². The van der Waals surface area contributed by atoms with E-state index >= 15 is 0 Å². The van der Waals surface area contributed by atoms with Crippen molar-refractivity contribution in [3.63, 3.8) is 0 Å². The number of carbonyl (C=O) groups is 2. The number of fused-ring (bicyclic) bond motifs is 1. The predicted octanol–water partition coefficient (Wildman–Crippen LogP) is 2.59. The molecule has 2 aliphatic rings. The van der Waals surface area contributed by atoms with E-state index in [0.29, 0.717) is 56.0 Å². The summed E-state index contributed by atoms with van der Waals surface area (Å²) >= 11 is 0. The molecule has 8 nitrogen and oxygen atoms in total. The van der Waals surface area contributed by atoms with Crippen molar-refractivity contribution in [2.24, 2.45) is 0 Å². The molecule has 3 aromatic rings. The van der Waals surface area contributed by atoms with Gasteiger partial charge in [-0.1, -0.05) is 35.5 Å². The molecule has 2 aliphatic heterocycles. The lowest BCUT2D eigenvalue weighted by Crippen LogP contribution is -2.49. The van der Waals surface area contributed by atoms with Crippen LogP contribution < -0.4 is 5.32 Å². The molecule has 2 saturated heterocycles. The number of carbonyl (C=O) groups excluding carboxylic acids is 2. The molecule has 0 unspecified atom stereocenters. The molecule has 5 rings (SSSR count). The van der Waals surface area contributed by atoms with Crippen LogP contribution in [0.3, 0.4) is 0 Å². The third-order valence-electron chi connectivity index (χ3n) is 5.87. The minimum absolute atomic E-state index is 0.0548. The molecule has 1 aromatic heterocycles. The number of hydrogen-bond donors (Lipinski definition) is 1. The van der Waals surface area contributed by atoms with Crippen LogP contribution in [0.4, 0.5) is 0 Å². The molecular weight excluding hydrogens is 398 g/mol. The highest BCUT2D eigenvalue weighted by atomic mass is 16.7. The number of rotatable bonds is 4. The van der Waals surface area contributed by atoms with Gasteiger partial charge in [-0.25, -0.2) is 0 Å². The number of nitrogens with one attached hydrogen (secondary N) is 1. The van der Waals surface area contributed by atoms with E-state index < -0.39 is 5.79 Å². The molecule has 1 N–H and O–H groups in total. The Bertz CT molecular complexity index is 1090. The summed E-state index contributed by atoms with van der Waals surface area (Å²) in [4.78, 5) is 27.0. The van der Waals surface area contributed by atoms with Crippen LogP contribution in [-0.4, -0.2) is 60.5 Å². The third kappa shape index (κ3) is 3.92. The van der Waals surface area contributed by atoms with Gasteiger partial charge in [0.2, 0.25) is 5.91 Å². The molecule has 0 bridgehead atoms. The van der Waals surface area contributed by atoms with E-state index in [1.54, 1.807) is 23.1 Å². The molecule has 1 spiro atoms. The number of amides is 2. The van der Waals surface area contributed by atoms with Crippen LogP contribution in [-0.2, 0) is 14.3 Å². The lowest BCUT2D eigenvalue weighted by Gasteiger charge is -2.37. The van der Waals surface area contributed by atoms with Crippen LogP contribution in [0.5, 0.6) is 0 Å². The zero-order chi connectivity index (χ0) is 21.3. The first-order valence-corrected chi connectivity index (χ1v) is 10.4. The van der Waals surface area contributed by atoms with E-state index in [9.17, 15) is 9.59 Å². The highest BCUT2D eigenvalue weighted by Gasteiger charge is 2.40. The van der Waals surface area contributed by atoms with Gasteiger partial charge in [0.25, 0.3) is 5.91 Å². The molecule has 2 amide bonds. The van der Waals surface area contributed by atoms with Crippen LogP contribution in [0.1, 0.15) is 23.2 Å². The molecule has 0 aliphatic carbocycles. The first kappa shape index (κ1) is 19.7. The predicted molar refractivity (Wildman–Crippen MR) is 112 cm³/mol. The van der Waals surface area contributed by atoms with Gasteiger partial charge in [0.1, 0.15) is 5.52 Å². The van der Waals surface area contributed by atoms with Gasteiger partial charge in [-0.2, -0.15) is 0 Å². The molecule has 2 fully saturated rings. The summed E-state index contributed by atoms with van der Waals surface area (Å²) in [5, 5.41) is 7.56. The molecule has 8 heteroatoms. The van der Waals surface area contributed by atoms with Gasteiger partial charge in [-0.05, 0) is 18.2 Å². The smallest absolute Gasteiger partial charge is 0.251 e. The zero-order valence-electron chi connectivity index (χ0n) is 17.0. The monoisotopic (exact) mass is 421 g/mol. The number of hydrogen-bond acceptors (Lipinski definition) is 6. The molecule has 0 atom stereocenters. The maximum absolute atomic E-state index is 12.7. The average Bonchev–Trinajstić information content (AvgIpc) is 3.45. The minimum atomic E-state index is -0.523. The molecule has 0 saturated carbocycles. The quantitative estimate of drug-likeness (QED) is 0.696. The van der Waals surface area contributed by atoms with Crippen molar-refractivity contribution in [2.45, 2.75) is 18.6 Å². The van der Waals surface area contributed by atoms with Crippen LogP contribution in [0, 0.1) is 0 Å².